The maximum atomic E-state index is 12.5. The van der Waals surface area contributed by atoms with Crippen molar-refractivity contribution < 1.29 is 9.21 Å². The van der Waals surface area contributed by atoms with Crippen molar-refractivity contribution in [1.29, 1.82) is 0 Å². The minimum atomic E-state index is -0.392. The summed E-state index contributed by atoms with van der Waals surface area (Å²) in [5.74, 6) is 0.321. The number of carbonyl (C=O) groups excluding carboxylic acids is 1. The third-order valence-corrected chi connectivity index (χ3v) is 5.21. The monoisotopic (exact) mass is 385 g/mol. The van der Waals surface area contributed by atoms with Gasteiger partial charge in [-0.3, -0.25) is 9.48 Å². The molecular weight excluding hydrogens is 362 g/mol. The maximum Gasteiger partial charge on any atom is 0.277 e. The summed E-state index contributed by atoms with van der Waals surface area (Å²) >= 11 is 1.23. The Bertz CT molecular complexity index is 972. The highest BCUT2D eigenvalue weighted by atomic mass is 32.2. The van der Waals surface area contributed by atoms with Crippen LogP contribution in [0.5, 0.6) is 0 Å². The van der Waals surface area contributed by atoms with Gasteiger partial charge >= 0.3 is 0 Å². The average Bonchev–Trinajstić information content (AvgIpc) is 3.14. The molecule has 0 aliphatic heterocycles. The van der Waals surface area contributed by atoms with E-state index >= 15 is 0 Å². The molecule has 1 N–H and O–H groups in total. The van der Waals surface area contributed by atoms with Gasteiger partial charge in [0.25, 0.3) is 5.22 Å². The zero-order valence-electron chi connectivity index (χ0n) is 16.3. The molecule has 2 heterocycles. The highest BCUT2D eigenvalue weighted by molar-refractivity contribution is 8.00. The molecule has 0 fully saturated rings. The van der Waals surface area contributed by atoms with E-state index in [4.69, 9.17) is 4.42 Å². The van der Waals surface area contributed by atoms with Crippen LogP contribution in [0.15, 0.2) is 27.8 Å². The van der Waals surface area contributed by atoms with Gasteiger partial charge < -0.3 is 9.73 Å². The van der Waals surface area contributed by atoms with Crippen LogP contribution in [0.2, 0.25) is 0 Å². The number of anilines is 1. The number of hydrogen-bond acceptors (Lipinski definition) is 6. The standard InChI is InChI=1S/C19H23N5O2S/c1-10-7-11(2)9-15(8-10)18-21-22-19(26-18)27-14(5)17(25)20-16-12(3)23-24(6)13(16)4/h7-9,14H,1-6H3,(H,20,25)/t14-/m0/s1. The molecule has 1 atom stereocenters. The van der Waals surface area contributed by atoms with Crippen LogP contribution in [-0.4, -0.2) is 31.1 Å². The Morgan fingerprint density at radius 2 is 1.81 bits per heavy atom. The number of thioether (sulfide) groups is 1. The first-order valence-corrected chi connectivity index (χ1v) is 9.52. The molecule has 0 saturated heterocycles. The second-order valence-corrected chi connectivity index (χ2v) is 7.96. The molecular formula is C19H23N5O2S. The topological polar surface area (TPSA) is 85.8 Å². The van der Waals surface area contributed by atoms with Gasteiger partial charge in [0, 0.05) is 12.6 Å². The Kier molecular flexibility index (Phi) is 5.36. The molecule has 142 valence electrons. The highest BCUT2D eigenvalue weighted by Gasteiger charge is 2.21. The van der Waals surface area contributed by atoms with Crippen molar-refractivity contribution in [2.75, 3.05) is 5.32 Å². The van der Waals surface area contributed by atoms with Gasteiger partial charge in [-0.25, -0.2) is 0 Å². The summed E-state index contributed by atoms with van der Waals surface area (Å²) in [6.07, 6.45) is 0. The van der Waals surface area contributed by atoms with E-state index in [1.807, 2.05) is 53.8 Å². The summed E-state index contributed by atoms with van der Waals surface area (Å²) in [7, 11) is 1.85. The van der Waals surface area contributed by atoms with E-state index in [2.05, 4.69) is 26.7 Å². The van der Waals surface area contributed by atoms with Crippen LogP contribution >= 0.6 is 11.8 Å². The molecule has 0 radical (unpaired) electrons. The predicted octanol–water partition coefficient (Wildman–Crippen LogP) is 3.82. The molecule has 0 aliphatic rings. The Hall–Kier alpha value is -2.61. The van der Waals surface area contributed by atoms with E-state index in [0.717, 1.165) is 33.8 Å². The van der Waals surface area contributed by atoms with Gasteiger partial charge in [0.1, 0.15) is 0 Å². The number of nitrogens with one attached hydrogen (secondary N) is 1. The highest BCUT2D eigenvalue weighted by Crippen LogP contribution is 2.28. The van der Waals surface area contributed by atoms with E-state index in [-0.39, 0.29) is 5.91 Å². The van der Waals surface area contributed by atoms with Gasteiger partial charge in [0.05, 0.1) is 22.3 Å². The molecule has 8 heteroatoms. The van der Waals surface area contributed by atoms with Crippen molar-refractivity contribution in [3.8, 4) is 11.5 Å². The molecule has 1 aromatic carbocycles. The molecule has 0 spiro atoms. The number of hydrogen-bond donors (Lipinski definition) is 1. The fraction of sp³-hybridized carbons (Fsp3) is 0.368. The molecule has 3 aromatic rings. The van der Waals surface area contributed by atoms with E-state index in [1.165, 1.54) is 11.8 Å². The van der Waals surface area contributed by atoms with Crippen molar-refractivity contribution in [2.24, 2.45) is 7.05 Å². The molecule has 1 amide bonds. The summed E-state index contributed by atoms with van der Waals surface area (Å²) in [6, 6.07) is 6.09. The Balaban J connectivity index is 1.70. The largest absolute Gasteiger partial charge is 0.411 e. The summed E-state index contributed by atoms with van der Waals surface area (Å²) in [5, 5.41) is 15.4. The molecule has 0 unspecified atom stereocenters. The lowest BCUT2D eigenvalue weighted by molar-refractivity contribution is -0.115. The Morgan fingerprint density at radius 3 is 2.41 bits per heavy atom. The molecule has 27 heavy (non-hydrogen) atoms. The SMILES string of the molecule is Cc1cc(C)cc(-c2nnc(S[C@@H](C)C(=O)Nc3c(C)nn(C)c3C)o2)c1. The van der Waals surface area contributed by atoms with Crippen molar-refractivity contribution >= 4 is 23.4 Å². The summed E-state index contributed by atoms with van der Waals surface area (Å²) < 4.78 is 7.49. The molecule has 3 rings (SSSR count). The van der Waals surface area contributed by atoms with E-state index in [9.17, 15) is 4.79 Å². The van der Waals surface area contributed by atoms with Crippen molar-refractivity contribution in [2.45, 2.75) is 45.1 Å². The molecule has 0 bridgehead atoms. The van der Waals surface area contributed by atoms with E-state index in [1.54, 1.807) is 4.68 Å². The maximum absolute atomic E-state index is 12.5. The first-order valence-electron chi connectivity index (χ1n) is 8.64. The number of rotatable bonds is 5. The van der Waals surface area contributed by atoms with E-state index < -0.39 is 5.25 Å². The van der Waals surface area contributed by atoms with Crippen molar-refractivity contribution in [3.05, 3.63) is 40.7 Å². The fourth-order valence-corrected chi connectivity index (χ4v) is 3.54. The van der Waals surface area contributed by atoms with Gasteiger partial charge in [-0.05, 0) is 46.8 Å². The van der Waals surface area contributed by atoms with Crippen LogP contribution < -0.4 is 5.32 Å². The third kappa shape index (κ3) is 4.21. The number of aryl methyl sites for hydroxylation is 4. The van der Waals surface area contributed by atoms with Crippen LogP contribution in [0.25, 0.3) is 11.5 Å². The summed E-state index contributed by atoms with van der Waals surface area (Å²) in [4.78, 5) is 12.5. The van der Waals surface area contributed by atoms with E-state index in [0.29, 0.717) is 11.1 Å². The number of amides is 1. The number of benzene rings is 1. The van der Waals surface area contributed by atoms with Gasteiger partial charge in [0.2, 0.25) is 11.8 Å². The molecule has 7 nitrogen and oxygen atoms in total. The second-order valence-electron chi connectivity index (χ2n) is 6.67. The van der Waals surface area contributed by atoms with Crippen LogP contribution in [0, 0.1) is 27.7 Å². The van der Waals surface area contributed by atoms with Gasteiger partial charge in [0.15, 0.2) is 0 Å². The number of carbonyl (C=O) groups is 1. The van der Waals surface area contributed by atoms with Gasteiger partial charge in [-0.1, -0.05) is 29.0 Å². The van der Waals surface area contributed by atoms with Crippen LogP contribution in [0.3, 0.4) is 0 Å². The Morgan fingerprint density at radius 1 is 1.15 bits per heavy atom. The first-order chi connectivity index (χ1) is 12.7. The lowest BCUT2D eigenvalue weighted by atomic mass is 10.1. The lowest BCUT2D eigenvalue weighted by Gasteiger charge is -2.10. The van der Waals surface area contributed by atoms with Crippen LogP contribution in [-0.2, 0) is 11.8 Å². The fourth-order valence-electron chi connectivity index (χ4n) is 2.86. The van der Waals surface area contributed by atoms with Crippen molar-refractivity contribution in [1.82, 2.24) is 20.0 Å². The third-order valence-electron chi connectivity index (χ3n) is 4.28. The minimum Gasteiger partial charge on any atom is -0.411 e. The van der Waals surface area contributed by atoms with Crippen LogP contribution in [0.1, 0.15) is 29.4 Å². The normalized spacial score (nSPS) is 12.2. The van der Waals surface area contributed by atoms with Gasteiger partial charge in [-0.2, -0.15) is 5.10 Å². The predicted molar refractivity (Wildman–Crippen MR) is 106 cm³/mol. The van der Waals surface area contributed by atoms with Crippen molar-refractivity contribution in [3.63, 3.8) is 0 Å². The second kappa shape index (κ2) is 7.56. The smallest absolute Gasteiger partial charge is 0.277 e. The minimum absolute atomic E-state index is 0.134. The molecule has 0 saturated carbocycles. The van der Waals surface area contributed by atoms with Crippen LogP contribution in [0.4, 0.5) is 5.69 Å². The molecule has 0 aliphatic carbocycles. The Labute approximate surface area is 162 Å². The first kappa shape index (κ1) is 19.2. The lowest BCUT2D eigenvalue weighted by Crippen LogP contribution is -2.23. The zero-order chi connectivity index (χ0) is 19.7. The molecule has 2 aromatic heterocycles. The summed E-state index contributed by atoms with van der Waals surface area (Å²) in [6.45, 7) is 9.65. The quantitative estimate of drug-likeness (QED) is 0.672. The zero-order valence-corrected chi connectivity index (χ0v) is 17.1. The van der Waals surface area contributed by atoms with Gasteiger partial charge in [-0.15, -0.1) is 10.2 Å². The average molecular weight is 385 g/mol. The number of nitrogens with zero attached hydrogens (tertiary/aromatic N) is 4. The summed E-state index contributed by atoms with van der Waals surface area (Å²) in [5.41, 5.74) is 5.59. The number of aromatic nitrogens is 4.